The van der Waals surface area contributed by atoms with E-state index in [-0.39, 0.29) is 0 Å². The van der Waals surface area contributed by atoms with Crippen molar-refractivity contribution in [3.05, 3.63) is 12.2 Å². The normalized spacial score (nSPS) is 11.6. The number of rotatable bonds is 5. The van der Waals surface area contributed by atoms with Crippen LogP contribution < -0.4 is 5.32 Å². The predicted octanol–water partition coefficient (Wildman–Crippen LogP) is 0.714. The third-order valence-electron chi connectivity index (χ3n) is 1.15. The lowest BCUT2D eigenvalue weighted by Crippen LogP contribution is -2.14. The van der Waals surface area contributed by atoms with Crippen molar-refractivity contribution >= 4 is 0 Å². The van der Waals surface area contributed by atoms with Crippen molar-refractivity contribution in [1.29, 1.82) is 0 Å². The van der Waals surface area contributed by atoms with E-state index in [1.165, 1.54) is 0 Å². The Morgan fingerprint density at radius 2 is 2.00 bits per heavy atom. The minimum absolute atomic E-state index is 0.990. The van der Waals surface area contributed by atoms with Gasteiger partial charge in [-0.05, 0) is 20.6 Å². The number of nitrogens with one attached hydrogen (secondary N) is 1. The number of hydrogen-bond donors (Lipinski definition) is 1. The lowest BCUT2D eigenvalue weighted by atomic mass is 10.4. The summed E-state index contributed by atoms with van der Waals surface area (Å²) in [5, 5.41) is 3.22. The van der Waals surface area contributed by atoms with Crippen molar-refractivity contribution in [2.24, 2.45) is 0 Å². The van der Waals surface area contributed by atoms with Crippen LogP contribution in [0.3, 0.4) is 0 Å². The fourth-order valence-electron chi connectivity index (χ4n) is 0.596. The van der Waals surface area contributed by atoms with Crippen LogP contribution in [0.5, 0.6) is 0 Å². The average Bonchev–Trinajstić information content (AvgIpc) is 1.87. The summed E-state index contributed by atoms with van der Waals surface area (Å²) >= 11 is 0. The maximum atomic E-state index is 3.22. The first kappa shape index (κ1) is 9.66. The van der Waals surface area contributed by atoms with E-state index in [9.17, 15) is 0 Å². The highest BCUT2D eigenvalue weighted by atomic mass is 15.0. The topological polar surface area (TPSA) is 15.3 Å². The van der Waals surface area contributed by atoms with Gasteiger partial charge in [-0.25, -0.2) is 0 Å². The van der Waals surface area contributed by atoms with Gasteiger partial charge in [0.25, 0.3) is 0 Å². The smallest absolute Gasteiger partial charge is 0.0157 e. The Kier molecular flexibility index (Phi) is 6.55. The van der Waals surface area contributed by atoms with Gasteiger partial charge in [-0.1, -0.05) is 19.1 Å². The molecule has 0 spiro atoms. The molecule has 0 aromatic heterocycles. The fraction of sp³-hybridized carbons (Fsp3) is 0.750. The van der Waals surface area contributed by atoms with Gasteiger partial charge in [0.1, 0.15) is 0 Å². The van der Waals surface area contributed by atoms with Crippen LogP contribution in [0, 0.1) is 0 Å². The third-order valence-corrected chi connectivity index (χ3v) is 1.15. The molecule has 0 rings (SSSR count). The van der Waals surface area contributed by atoms with Crippen molar-refractivity contribution < 1.29 is 0 Å². The second kappa shape index (κ2) is 6.78. The Labute approximate surface area is 63.9 Å². The molecule has 0 atom stereocenters. The standard InChI is InChI=1S/C8H18N2/c1-4-9-7-5-6-8-10(2)3/h5-6,9H,4,7-8H2,1-3H3/b6-5+. The molecule has 0 bridgehead atoms. The van der Waals surface area contributed by atoms with E-state index in [0.717, 1.165) is 19.6 Å². The molecule has 0 unspecified atom stereocenters. The first-order chi connectivity index (χ1) is 4.77. The van der Waals surface area contributed by atoms with Crippen LogP contribution in [0.2, 0.25) is 0 Å². The second-order valence-corrected chi connectivity index (χ2v) is 2.54. The van der Waals surface area contributed by atoms with Gasteiger partial charge in [-0.15, -0.1) is 0 Å². The van der Waals surface area contributed by atoms with Gasteiger partial charge in [0.05, 0.1) is 0 Å². The molecule has 2 nitrogen and oxygen atoms in total. The Bertz CT molecular complexity index is 87.3. The van der Waals surface area contributed by atoms with Gasteiger partial charge >= 0.3 is 0 Å². The minimum Gasteiger partial charge on any atom is -0.314 e. The Hall–Kier alpha value is -0.340. The Balaban J connectivity index is 3.04. The van der Waals surface area contributed by atoms with Crippen LogP contribution >= 0.6 is 0 Å². The Morgan fingerprint density at radius 1 is 1.30 bits per heavy atom. The summed E-state index contributed by atoms with van der Waals surface area (Å²) in [5.41, 5.74) is 0. The molecule has 0 aliphatic rings. The number of hydrogen-bond acceptors (Lipinski definition) is 2. The zero-order valence-electron chi connectivity index (χ0n) is 7.22. The van der Waals surface area contributed by atoms with Gasteiger partial charge < -0.3 is 10.2 Å². The predicted molar refractivity (Wildman–Crippen MR) is 46.2 cm³/mol. The highest BCUT2D eigenvalue weighted by Crippen LogP contribution is 1.75. The van der Waals surface area contributed by atoms with E-state index < -0.39 is 0 Å². The molecule has 0 heterocycles. The Morgan fingerprint density at radius 3 is 2.50 bits per heavy atom. The van der Waals surface area contributed by atoms with Crippen LogP contribution in [0.4, 0.5) is 0 Å². The van der Waals surface area contributed by atoms with Crippen LogP contribution in [0.15, 0.2) is 12.2 Å². The third kappa shape index (κ3) is 7.66. The number of nitrogens with zero attached hydrogens (tertiary/aromatic N) is 1. The highest BCUT2D eigenvalue weighted by molar-refractivity contribution is 4.85. The molecule has 0 aliphatic heterocycles. The lowest BCUT2D eigenvalue weighted by molar-refractivity contribution is 0.456. The summed E-state index contributed by atoms with van der Waals surface area (Å²) in [6.07, 6.45) is 4.33. The molecule has 60 valence electrons. The first-order valence-corrected chi connectivity index (χ1v) is 3.77. The van der Waals surface area contributed by atoms with Crippen LogP contribution in [0.25, 0.3) is 0 Å². The molecular weight excluding hydrogens is 124 g/mol. The fourth-order valence-corrected chi connectivity index (χ4v) is 0.596. The molecule has 0 fully saturated rings. The maximum Gasteiger partial charge on any atom is 0.0157 e. The van der Waals surface area contributed by atoms with Crippen molar-refractivity contribution in [1.82, 2.24) is 10.2 Å². The molecule has 10 heavy (non-hydrogen) atoms. The van der Waals surface area contributed by atoms with Crippen molar-refractivity contribution in [2.75, 3.05) is 33.7 Å². The summed E-state index contributed by atoms with van der Waals surface area (Å²) in [6, 6.07) is 0. The van der Waals surface area contributed by atoms with Gasteiger partial charge in [0.2, 0.25) is 0 Å². The summed E-state index contributed by atoms with van der Waals surface area (Å²) in [6.45, 7) is 5.18. The molecule has 0 amide bonds. The summed E-state index contributed by atoms with van der Waals surface area (Å²) in [5.74, 6) is 0. The average molecular weight is 142 g/mol. The van der Waals surface area contributed by atoms with Gasteiger partial charge in [0.15, 0.2) is 0 Å². The van der Waals surface area contributed by atoms with Crippen LogP contribution in [-0.2, 0) is 0 Å². The highest BCUT2D eigenvalue weighted by Gasteiger charge is 1.80. The molecular formula is C8H18N2. The van der Waals surface area contributed by atoms with E-state index in [1.807, 2.05) is 0 Å². The quantitative estimate of drug-likeness (QED) is 0.449. The molecule has 0 saturated heterocycles. The minimum atomic E-state index is 0.990. The van der Waals surface area contributed by atoms with Crippen LogP contribution in [-0.4, -0.2) is 38.6 Å². The summed E-state index contributed by atoms with van der Waals surface area (Å²) < 4.78 is 0. The van der Waals surface area contributed by atoms with Gasteiger partial charge in [-0.3, -0.25) is 0 Å². The van der Waals surface area contributed by atoms with E-state index in [0.29, 0.717) is 0 Å². The molecule has 0 aromatic carbocycles. The molecule has 1 N–H and O–H groups in total. The monoisotopic (exact) mass is 142 g/mol. The maximum absolute atomic E-state index is 3.22. The molecule has 0 radical (unpaired) electrons. The van der Waals surface area contributed by atoms with Gasteiger partial charge in [-0.2, -0.15) is 0 Å². The second-order valence-electron chi connectivity index (χ2n) is 2.54. The summed E-state index contributed by atoms with van der Waals surface area (Å²) in [7, 11) is 4.13. The van der Waals surface area contributed by atoms with E-state index in [2.05, 4.69) is 43.4 Å². The molecule has 0 saturated carbocycles. The van der Waals surface area contributed by atoms with Crippen molar-refractivity contribution in [3.8, 4) is 0 Å². The van der Waals surface area contributed by atoms with Gasteiger partial charge in [0, 0.05) is 13.1 Å². The zero-order chi connectivity index (χ0) is 7.82. The number of likely N-dealkylation sites (N-methyl/N-ethyl adjacent to an activating group) is 2. The molecule has 0 aliphatic carbocycles. The lowest BCUT2D eigenvalue weighted by Gasteiger charge is -2.03. The zero-order valence-corrected chi connectivity index (χ0v) is 7.22. The van der Waals surface area contributed by atoms with Crippen LogP contribution in [0.1, 0.15) is 6.92 Å². The summed E-state index contributed by atoms with van der Waals surface area (Å²) in [4.78, 5) is 2.14. The van der Waals surface area contributed by atoms with E-state index in [4.69, 9.17) is 0 Å². The van der Waals surface area contributed by atoms with E-state index >= 15 is 0 Å². The van der Waals surface area contributed by atoms with Crippen molar-refractivity contribution in [3.63, 3.8) is 0 Å². The SMILES string of the molecule is CCNC/C=C/CN(C)C. The largest absolute Gasteiger partial charge is 0.314 e. The van der Waals surface area contributed by atoms with E-state index in [1.54, 1.807) is 0 Å². The molecule has 2 heteroatoms. The first-order valence-electron chi connectivity index (χ1n) is 3.77. The van der Waals surface area contributed by atoms with Crippen molar-refractivity contribution in [2.45, 2.75) is 6.92 Å². The molecule has 0 aromatic rings.